The molecule has 5 heteroatoms. The van der Waals surface area contributed by atoms with Crippen LogP contribution < -0.4 is 5.73 Å². The molecule has 0 bridgehead atoms. The summed E-state index contributed by atoms with van der Waals surface area (Å²) >= 11 is 0. The van der Waals surface area contributed by atoms with E-state index in [0.717, 1.165) is 0 Å². The summed E-state index contributed by atoms with van der Waals surface area (Å²) in [7, 11) is 0. The van der Waals surface area contributed by atoms with Gasteiger partial charge in [0.25, 0.3) is 0 Å². The molecule has 0 radical (unpaired) electrons. The average molecular weight is 208 g/mol. The first kappa shape index (κ1) is 9.89. The molecule has 0 amide bonds. The fourth-order valence-electron chi connectivity index (χ4n) is 1.64. The molecule has 2 aromatic rings. The molecule has 4 nitrogen and oxygen atoms in total. The van der Waals surface area contributed by atoms with Gasteiger partial charge in [0.15, 0.2) is 5.82 Å². The van der Waals surface area contributed by atoms with Crippen LogP contribution in [0.2, 0.25) is 0 Å². The molecule has 2 heterocycles. The van der Waals surface area contributed by atoms with Crippen LogP contribution in [0, 0.1) is 12.7 Å². The largest absolute Gasteiger partial charge is 0.383 e. The van der Waals surface area contributed by atoms with Gasteiger partial charge in [0.05, 0.1) is 5.39 Å². The Kier molecular flexibility index (Phi) is 2.10. The second kappa shape index (κ2) is 3.18. The minimum absolute atomic E-state index is 0.144. The number of nitrogens with two attached hydrogens (primary N) is 1. The van der Waals surface area contributed by atoms with E-state index in [1.54, 1.807) is 11.5 Å². The summed E-state index contributed by atoms with van der Waals surface area (Å²) in [6, 6.07) is 0.144. The summed E-state index contributed by atoms with van der Waals surface area (Å²) in [5, 5.41) is 0.314. The van der Waals surface area contributed by atoms with Crippen molar-refractivity contribution in [3.8, 4) is 0 Å². The highest BCUT2D eigenvalue weighted by molar-refractivity contribution is 5.87. The minimum Gasteiger partial charge on any atom is -0.383 e. The third-order valence-electron chi connectivity index (χ3n) is 2.32. The highest BCUT2D eigenvalue weighted by Crippen LogP contribution is 2.25. The first-order valence-corrected chi connectivity index (χ1v) is 4.81. The van der Waals surface area contributed by atoms with Gasteiger partial charge in [-0.2, -0.15) is 0 Å². The second-order valence-electron chi connectivity index (χ2n) is 3.83. The van der Waals surface area contributed by atoms with Crippen LogP contribution in [0.15, 0.2) is 6.20 Å². The Morgan fingerprint density at radius 3 is 2.67 bits per heavy atom. The number of fused-ring (bicyclic) bond motifs is 1. The Balaban J connectivity index is 2.87. The Hall–Kier alpha value is -1.65. The molecule has 0 saturated heterocycles. The average Bonchev–Trinajstić information content (AvgIpc) is 2.42. The van der Waals surface area contributed by atoms with E-state index in [1.165, 1.54) is 6.20 Å². The summed E-state index contributed by atoms with van der Waals surface area (Å²) in [6.07, 6.45) is 1.42. The van der Waals surface area contributed by atoms with Gasteiger partial charge in [-0.05, 0) is 20.8 Å². The van der Waals surface area contributed by atoms with Gasteiger partial charge in [0, 0.05) is 12.2 Å². The van der Waals surface area contributed by atoms with Crippen LogP contribution >= 0.6 is 0 Å². The van der Waals surface area contributed by atoms with Crippen LogP contribution in [0.4, 0.5) is 10.2 Å². The van der Waals surface area contributed by atoms with Crippen molar-refractivity contribution in [2.24, 2.45) is 0 Å². The van der Waals surface area contributed by atoms with E-state index in [-0.39, 0.29) is 17.7 Å². The van der Waals surface area contributed by atoms with E-state index in [0.29, 0.717) is 16.9 Å². The number of hydrogen-bond acceptors (Lipinski definition) is 3. The lowest BCUT2D eigenvalue weighted by Gasteiger charge is -2.08. The van der Waals surface area contributed by atoms with Crippen LogP contribution in [0.3, 0.4) is 0 Å². The summed E-state index contributed by atoms with van der Waals surface area (Å²) in [5.41, 5.74) is 6.23. The molecule has 2 aromatic heterocycles. The number of halogens is 1. The topological polar surface area (TPSA) is 56.7 Å². The van der Waals surface area contributed by atoms with E-state index in [1.807, 2.05) is 13.8 Å². The molecule has 0 unspecified atom stereocenters. The molecule has 0 fully saturated rings. The third kappa shape index (κ3) is 1.44. The van der Waals surface area contributed by atoms with Crippen molar-refractivity contribution in [1.29, 1.82) is 0 Å². The van der Waals surface area contributed by atoms with Gasteiger partial charge in [-0.1, -0.05) is 0 Å². The van der Waals surface area contributed by atoms with Crippen molar-refractivity contribution in [2.45, 2.75) is 26.8 Å². The predicted molar refractivity (Wildman–Crippen MR) is 57.0 cm³/mol. The van der Waals surface area contributed by atoms with Crippen molar-refractivity contribution >= 4 is 16.9 Å². The smallest absolute Gasteiger partial charge is 0.154 e. The number of nitrogens with zero attached hydrogens (tertiary/aromatic N) is 3. The summed E-state index contributed by atoms with van der Waals surface area (Å²) in [6.45, 7) is 5.67. The van der Waals surface area contributed by atoms with Crippen LogP contribution in [0.25, 0.3) is 11.0 Å². The first-order chi connectivity index (χ1) is 7.00. The van der Waals surface area contributed by atoms with Crippen molar-refractivity contribution in [2.75, 3.05) is 5.73 Å². The van der Waals surface area contributed by atoms with Crippen molar-refractivity contribution < 1.29 is 4.39 Å². The van der Waals surface area contributed by atoms with Gasteiger partial charge in [0.2, 0.25) is 0 Å². The number of nitrogen functional groups attached to an aromatic ring is 1. The lowest BCUT2D eigenvalue weighted by molar-refractivity contribution is 0.585. The van der Waals surface area contributed by atoms with Gasteiger partial charge in [-0.25, -0.2) is 14.4 Å². The zero-order chi connectivity index (χ0) is 11.2. The predicted octanol–water partition coefficient (Wildman–Crippen LogP) is 2.04. The fourth-order valence-corrected chi connectivity index (χ4v) is 1.64. The molecule has 0 aliphatic heterocycles. The van der Waals surface area contributed by atoms with Crippen LogP contribution in [-0.4, -0.2) is 14.5 Å². The molecule has 0 aromatic carbocycles. The molecule has 2 N–H and O–H groups in total. The molecule has 80 valence electrons. The molecule has 2 rings (SSSR count). The van der Waals surface area contributed by atoms with Crippen molar-refractivity contribution in [1.82, 2.24) is 14.5 Å². The van der Waals surface area contributed by atoms with Crippen molar-refractivity contribution in [3.05, 3.63) is 17.8 Å². The van der Waals surface area contributed by atoms with Gasteiger partial charge < -0.3 is 10.3 Å². The zero-order valence-corrected chi connectivity index (χ0v) is 8.95. The van der Waals surface area contributed by atoms with E-state index in [4.69, 9.17) is 5.73 Å². The fraction of sp³-hybridized carbons (Fsp3) is 0.400. The monoisotopic (exact) mass is 208 g/mol. The highest BCUT2D eigenvalue weighted by Gasteiger charge is 2.15. The number of rotatable bonds is 1. The maximum atomic E-state index is 13.6. The Morgan fingerprint density at radius 2 is 2.07 bits per heavy atom. The molecule has 0 aliphatic carbocycles. The van der Waals surface area contributed by atoms with E-state index >= 15 is 0 Å². The van der Waals surface area contributed by atoms with Crippen molar-refractivity contribution in [3.63, 3.8) is 0 Å². The number of aromatic nitrogens is 3. The van der Waals surface area contributed by atoms with E-state index in [2.05, 4.69) is 9.97 Å². The Morgan fingerprint density at radius 1 is 1.40 bits per heavy atom. The maximum absolute atomic E-state index is 13.6. The quantitative estimate of drug-likeness (QED) is 0.780. The number of aryl methyl sites for hydroxylation is 1. The van der Waals surface area contributed by atoms with Crippen LogP contribution in [0.1, 0.15) is 25.7 Å². The molecule has 0 saturated carbocycles. The van der Waals surface area contributed by atoms with Gasteiger partial charge in [-0.3, -0.25) is 0 Å². The Bertz CT molecular complexity index is 516. The molecule has 0 atom stereocenters. The second-order valence-corrected chi connectivity index (χ2v) is 3.83. The lowest BCUT2D eigenvalue weighted by atomic mass is 10.3. The molecule has 0 spiro atoms. The lowest BCUT2D eigenvalue weighted by Crippen LogP contribution is -2.03. The molecular weight excluding hydrogens is 195 g/mol. The number of anilines is 1. The number of hydrogen-bond donors (Lipinski definition) is 1. The SMILES string of the molecule is Cc1nc(N)c2c(F)cn(C(C)C)c2n1. The molecular formula is C10H13FN4. The zero-order valence-electron chi connectivity index (χ0n) is 8.95. The first-order valence-electron chi connectivity index (χ1n) is 4.81. The normalized spacial score (nSPS) is 11.5. The summed E-state index contributed by atoms with van der Waals surface area (Å²) in [4.78, 5) is 8.16. The molecule has 0 aliphatic rings. The van der Waals surface area contributed by atoms with Gasteiger partial charge >= 0.3 is 0 Å². The summed E-state index contributed by atoms with van der Waals surface area (Å²) < 4.78 is 15.3. The van der Waals surface area contributed by atoms with Crippen LogP contribution in [0.5, 0.6) is 0 Å². The minimum atomic E-state index is -0.365. The summed E-state index contributed by atoms with van der Waals surface area (Å²) in [5.74, 6) is 0.394. The Labute approximate surface area is 86.9 Å². The van der Waals surface area contributed by atoms with E-state index < -0.39 is 0 Å². The highest BCUT2D eigenvalue weighted by atomic mass is 19.1. The maximum Gasteiger partial charge on any atom is 0.154 e. The third-order valence-corrected chi connectivity index (χ3v) is 2.32. The molecule has 15 heavy (non-hydrogen) atoms. The standard InChI is InChI=1S/C10H13FN4/c1-5(2)15-4-7(11)8-9(12)13-6(3)14-10(8)15/h4-5H,1-3H3,(H2,12,13,14). The van der Waals surface area contributed by atoms with Gasteiger partial charge in [-0.15, -0.1) is 0 Å². The van der Waals surface area contributed by atoms with Crippen LogP contribution in [-0.2, 0) is 0 Å². The van der Waals surface area contributed by atoms with Gasteiger partial charge in [0.1, 0.15) is 17.3 Å². The van der Waals surface area contributed by atoms with E-state index in [9.17, 15) is 4.39 Å².